The Morgan fingerprint density at radius 2 is 2.21 bits per heavy atom. The first-order valence-electron chi connectivity index (χ1n) is 5.05. The van der Waals surface area contributed by atoms with Crippen LogP contribution in [-0.2, 0) is 0 Å². The summed E-state index contributed by atoms with van der Waals surface area (Å²) < 4.78 is 13.5. The molecule has 0 bridgehead atoms. The molecule has 0 aliphatic carbocycles. The van der Waals surface area contributed by atoms with Crippen molar-refractivity contribution in [3.05, 3.63) is 39.7 Å². The van der Waals surface area contributed by atoms with E-state index < -0.39 is 27.9 Å². The number of benzene rings is 1. The Bertz CT molecular complexity index is 585. The summed E-state index contributed by atoms with van der Waals surface area (Å²) in [7, 11) is 0. The number of nitro groups is 1. The molecule has 0 N–H and O–H groups in total. The van der Waals surface area contributed by atoms with Gasteiger partial charge in [-0.25, -0.2) is 4.39 Å². The summed E-state index contributed by atoms with van der Waals surface area (Å²) in [4.78, 5) is 22.7. The van der Waals surface area contributed by atoms with Crippen LogP contribution in [-0.4, -0.2) is 28.8 Å². The van der Waals surface area contributed by atoms with Crippen LogP contribution in [0.25, 0.3) is 0 Å². The summed E-state index contributed by atoms with van der Waals surface area (Å²) >= 11 is 0. The lowest BCUT2D eigenvalue weighted by Gasteiger charge is -2.16. The van der Waals surface area contributed by atoms with E-state index in [1.807, 2.05) is 0 Å². The SMILES string of the molecule is C#CCN(CC#N)C(=O)c1cc([N+](=O)[O-])ccc1F. The Balaban J connectivity index is 3.17. The summed E-state index contributed by atoms with van der Waals surface area (Å²) in [5.74, 6) is 0.390. The maximum atomic E-state index is 13.5. The molecule has 1 aromatic carbocycles. The van der Waals surface area contributed by atoms with Gasteiger partial charge in [0.25, 0.3) is 11.6 Å². The summed E-state index contributed by atoms with van der Waals surface area (Å²) in [5, 5.41) is 19.1. The van der Waals surface area contributed by atoms with E-state index in [9.17, 15) is 19.3 Å². The molecule has 0 radical (unpaired) electrons. The van der Waals surface area contributed by atoms with Gasteiger partial charge in [0.05, 0.1) is 23.1 Å². The number of terminal acetylenes is 1. The van der Waals surface area contributed by atoms with Crippen LogP contribution >= 0.6 is 0 Å². The van der Waals surface area contributed by atoms with Crippen molar-refractivity contribution in [1.82, 2.24) is 4.90 Å². The molecule has 0 saturated heterocycles. The highest BCUT2D eigenvalue weighted by atomic mass is 19.1. The number of halogens is 1. The van der Waals surface area contributed by atoms with E-state index in [0.717, 1.165) is 23.1 Å². The predicted octanol–water partition coefficient (Wildman–Crippen LogP) is 1.33. The molecule has 0 aliphatic rings. The van der Waals surface area contributed by atoms with Crippen LogP contribution in [0, 0.1) is 39.6 Å². The molecular weight excluding hydrogens is 253 g/mol. The summed E-state index contributed by atoms with van der Waals surface area (Å²) in [5.41, 5.74) is -0.901. The highest BCUT2D eigenvalue weighted by Gasteiger charge is 2.21. The number of amides is 1. The van der Waals surface area contributed by atoms with Gasteiger partial charge in [0.2, 0.25) is 0 Å². The molecule has 0 saturated carbocycles. The number of nitro benzene ring substituents is 1. The number of non-ortho nitro benzene ring substituents is 1. The largest absolute Gasteiger partial charge is 0.314 e. The fraction of sp³-hybridized carbons (Fsp3) is 0.167. The second-order valence-corrected chi connectivity index (χ2v) is 3.44. The zero-order chi connectivity index (χ0) is 14.4. The molecule has 7 heteroatoms. The quantitative estimate of drug-likeness (QED) is 0.354. The van der Waals surface area contributed by atoms with Gasteiger partial charge < -0.3 is 4.90 Å². The molecular formula is C12H8FN3O3. The Morgan fingerprint density at radius 3 is 2.74 bits per heavy atom. The van der Waals surface area contributed by atoms with Crippen molar-refractivity contribution in [1.29, 1.82) is 5.26 Å². The fourth-order valence-corrected chi connectivity index (χ4v) is 1.36. The average Bonchev–Trinajstić information content (AvgIpc) is 2.38. The van der Waals surface area contributed by atoms with Crippen LogP contribution in [0.1, 0.15) is 10.4 Å². The summed E-state index contributed by atoms with van der Waals surface area (Å²) in [6.45, 7) is -0.514. The minimum absolute atomic E-state index is 0.186. The van der Waals surface area contributed by atoms with Crippen LogP contribution in [0.4, 0.5) is 10.1 Å². The Labute approximate surface area is 108 Å². The molecule has 0 aliphatic heterocycles. The van der Waals surface area contributed by atoms with E-state index >= 15 is 0 Å². The highest BCUT2D eigenvalue weighted by Crippen LogP contribution is 2.18. The van der Waals surface area contributed by atoms with Crippen LogP contribution in [0.3, 0.4) is 0 Å². The van der Waals surface area contributed by atoms with Crippen molar-refractivity contribution >= 4 is 11.6 Å². The first-order chi connectivity index (χ1) is 9.01. The first-order valence-corrected chi connectivity index (χ1v) is 5.05. The number of rotatable bonds is 4. The number of hydrogen-bond acceptors (Lipinski definition) is 4. The third kappa shape index (κ3) is 3.27. The number of carbonyl (C=O) groups excluding carboxylic acids is 1. The molecule has 6 nitrogen and oxygen atoms in total. The zero-order valence-electron chi connectivity index (χ0n) is 9.67. The van der Waals surface area contributed by atoms with Gasteiger partial charge in [-0.05, 0) is 6.07 Å². The van der Waals surface area contributed by atoms with Crippen molar-refractivity contribution in [2.75, 3.05) is 13.1 Å². The van der Waals surface area contributed by atoms with Gasteiger partial charge in [0, 0.05) is 12.1 Å². The molecule has 19 heavy (non-hydrogen) atoms. The number of nitriles is 1. The molecule has 1 aromatic rings. The zero-order valence-corrected chi connectivity index (χ0v) is 9.67. The van der Waals surface area contributed by atoms with Gasteiger partial charge in [0.1, 0.15) is 12.4 Å². The van der Waals surface area contributed by atoms with Crippen molar-refractivity contribution in [2.24, 2.45) is 0 Å². The monoisotopic (exact) mass is 261 g/mol. The Morgan fingerprint density at radius 1 is 1.53 bits per heavy atom. The maximum Gasteiger partial charge on any atom is 0.270 e. The van der Waals surface area contributed by atoms with E-state index in [-0.39, 0.29) is 13.1 Å². The minimum Gasteiger partial charge on any atom is -0.314 e. The van der Waals surface area contributed by atoms with Crippen LogP contribution in [0.5, 0.6) is 0 Å². The lowest BCUT2D eigenvalue weighted by Crippen LogP contribution is -2.32. The highest BCUT2D eigenvalue weighted by molar-refractivity contribution is 5.95. The van der Waals surface area contributed by atoms with E-state index in [1.54, 1.807) is 6.07 Å². The van der Waals surface area contributed by atoms with Crippen molar-refractivity contribution in [3.63, 3.8) is 0 Å². The lowest BCUT2D eigenvalue weighted by molar-refractivity contribution is -0.384. The molecule has 1 amide bonds. The standard InChI is InChI=1S/C12H8FN3O3/c1-2-6-15(7-5-14)12(17)10-8-9(16(18)19)3-4-11(10)13/h1,3-4,8H,6-7H2. The van der Waals surface area contributed by atoms with Gasteiger partial charge in [-0.1, -0.05) is 5.92 Å². The number of nitrogens with zero attached hydrogens (tertiary/aromatic N) is 3. The Hall–Kier alpha value is -2.93. The van der Waals surface area contributed by atoms with Crippen LogP contribution < -0.4 is 0 Å². The summed E-state index contributed by atoms with van der Waals surface area (Å²) in [6.07, 6.45) is 5.04. The number of carbonyl (C=O) groups is 1. The van der Waals surface area contributed by atoms with E-state index in [1.165, 1.54) is 0 Å². The third-order valence-corrected chi connectivity index (χ3v) is 2.22. The van der Waals surface area contributed by atoms with Crippen molar-refractivity contribution in [3.8, 4) is 18.4 Å². The summed E-state index contributed by atoms with van der Waals surface area (Å²) in [6, 6.07) is 4.30. The van der Waals surface area contributed by atoms with Crippen LogP contribution in [0.2, 0.25) is 0 Å². The first kappa shape index (κ1) is 14.1. The van der Waals surface area contributed by atoms with Gasteiger partial charge in [-0.2, -0.15) is 5.26 Å². The van der Waals surface area contributed by atoms with Crippen molar-refractivity contribution < 1.29 is 14.1 Å². The fourth-order valence-electron chi connectivity index (χ4n) is 1.36. The molecule has 1 rings (SSSR count). The van der Waals surface area contributed by atoms with Gasteiger partial charge in [0.15, 0.2) is 0 Å². The average molecular weight is 261 g/mol. The normalized spacial score (nSPS) is 9.21. The molecule has 96 valence electrons. The van der Waals surface area contributed by atoms with Gasteiger partial charge in [-0.15, -0.1) is 6.42 Å². The third-order valence-electron chi connectivity index (χ3n) is 2.22. The maximum absolute atomic E-state index is 13.5. The van der Waals surface area contributed by atoms with E-state index in [0.29, 0.717) is 0 Å². The molecule has 0 fully saturated rings. The number of hydrogen-bond donors (Lipinski definition) is 0. The molecule has 0 unspecified atom stereocenters. The topological polar surface area (TPSA) is 87.2 Å². The molecule has 0 spiro atoms. The van der Waals surface area contributed by atoms with Gasteiger partial charge in [-0.3, -0.25) is 14.9 Å². The predicted molar refractivity (Wildman–Crippen MR) is 63.4 cm³/mol. The molecule has 0 heterocycles. The second-order valence-electron chi connectivity index (χ2n) is 3.44. The van der Waals surface area contributed by atoms with E-state index in [2.05, 4.69) is 5.92 Å². The smallest absolute Gasteiger partial charge is 0.270 e. The molecule has 0 aromatic heterocycles. The Kier molecular flexibility index (Phi) is 4.56. The van der Waals surface area contributed by atoms with Crippen molar-refractivity contribution in [2.45, 2.75) is 0 Å². The van der Waals surface area contributed by atoms with Crippen LogP contribution in [0.15, 0.2) is 18.2 Å². The lowest BCUT2D eigenvalue weighted by atomic mass is 10.1. The van der Waals surface area contributed by atoms with E-state index in [4.69, 9.17) is 11.7 Å². The molecule has 0 atom stereocenters. The van der Waals surface area contributed by atoms with Gasteiger partial charge >= 0.3 is 0 Å². The minimum atomic E-state index is -0.907. The second kappa shape index (κ2) is 6.12.